The summed E-state index contributed by atoms with van der Waals surface area (Å²) in [4.78, 5) is 15.0. The molecule has 1 N–H and O–H groups in total. The summed E-state index contributed by atoms with van der Waals surface area (Å²) in [6.45, 7) is 1.26. The lowest BCUT2D eigenvalue weighted by Gasteiger charge is -2.42. The van der Waals surface area contributed by atoms with E-state index in [1.54, 1.807) is 25.3 Å². The lowest BCUT2D eigenvalue weighted by atomic mass is 9.75. The fraction of sp³-hybridized carbons (Fsp3) is 0.409. The average Bonchev–Trinajstić information content (AvgIpc) is 2.73. The molecule has 2 aromatic carbocycles. The van der Waals surface area contributed by atoms with Gasteiger partial charge in [-0.05, 0) is 37.0 Å². The van der Waals surface area contributed by atoms with Crippen molar-refractivity contribution in [1.29, 1.82) is 0 Å². The summed E-state index contributed by atoms with van der Waals surface area (Å²) in [6.07, 6.45) is 2.52. The van der Waals surface area contributed by atoms with E-state index in [1.165, 1.54) is 12.7 Å². The van der Waals surface area contributed by atoms with Crippen molar-refractivity contribution in [2.75, 3.05) is 33.9 Å². The molecule has 1 amide bonds. The summed E-state index contributed by atoms with van der Waals surface area (Å²) >= 11 is 0. The third-order valence-electron chi connectivity index (χ3n) is 5.34. The van der Waals surface area contributed by atoms with E-state index in [0.717, 1.165) is 19.3 Å². The number of likely N-dealkylation sites (tertiary alicyclic amines) is 1. The van der Waals surface area contributed by atoms with E-state index >= 15 is 0 Å². The summed E-state index contributed by atoms with van der Waals surface area (Å²) in [5.41, 5.74) is 1.35. The maximum Gasteiger partial charge on any atom is 0.257 e. The molecule has 0 aromatic heterocycles. The van der Waals surface area contributed by atoms with Gasteiger partial charge in [0.15, 0.2) is 11.5 Å². The quantitative estimate of drug-likeness (QED) is 0.850. The number of benzene rings is 2. The molecular formula is C22H27NO4. The van der Waals surface area contributed by atoms with Crippen molar-refractivity contribution in [3.63, 3.8) is 0 Å². The maximum absolute atomic E-state index is 13.2. The Balaban J connectivity index is 1.84. The number of ether oxygens (including phenoxy) is 2. The van der Waals surface area contributed by atoms with Crippen LogP contribution in [0.1, 0.15) is 28.8 Å². The summed E-state index contributed by atoms with van der Waals surface area (Å²) in [6, 6.07) is 15.5. The van der Waals surface area contributed by atoms with Crippen molar-refractivity contribution in [1.82, 2.24) is 4.90 Å². The molecule has 0 saturated carbocycles. The fourth-order valence-corrected chi connectivity index (χ4v) is 3.97. The predicted octanol–water partition coefficient (Wildman–Crippen LogP) is 3.16. The number of aliphatic hydroxyl groups is 1. The van der Waals surface area contributed by atoms with Crippen molar-refractivity contribution < 1.29 is 19.4 Å². The predicted molar refractivity (Wildman–Crippen MR) is 104 cm³/mol. The van der Waals surface area contributed by atoms with Crippen LogP contribution in [0.15, 0.2) is 48.5 Å². The van der Waals surface area contributed by atoms with Crippen molar-refractivity contribution in [2.45, 2.75) is 19.3 Å². The van der Waals surface area contributed by atoms with Crippen LogP contribution in [0.3, 0.4) is 0 Å². The molecule has 5 nitrogen and oxygen atoms in total. The summed E-state index contributed by atoms with van der Waals surface area (Å²) in [5, 5.41) is 10.2. The third-order valence-corrected chi connectivity index (χ3v) is 5.34. The highest BCUT2D eigenvalue weighted by molar-refractivity contribution is 5.98. The van der Waals surface area contributed by atoms with Crippen LogP contribution in [-0.2, 0) is 6.42 Å². The number of carbonyl (C=O) groups excluding carboxylic acids is 1. The van der Waals surface area contributed by atoms with Crippen LogP contribution < -0.4 is 9.47 Å². The number of carbonyl (C=O) groups is 1. The molecule has 0 aliphatic carbocycles. The van der Waals surface area contributed by atoms with E-state index in [1.807, 2.05) is 23.1 Å². The Morgan fingerprint density at radius 3 is 2.56 bits per heavy atom. The molecule has 1 saturated heterocycles. The van der Waals surface area contributed by atoms with Gasteiger partial charge in [-0.15, -0.1) is 0 Å². The molecule has 2 aromatic rings. The standard InChI is InChI=1S/C22H27NO4/c1-26-19-11-6-10-18(20(19)27-2)21(25)23-13-7-12-22(15-23,16-24)14-17-8-4-3-5-9-17/h3-6,8-11,24H,7,12-16H2,1-2H3/t22-/m1/s1. The number of hydrogen-bond donors (Lipinski definition) is 1. The molecule has 3 rings (SSSR count). The van der Waals surface area contributed by atoms with Gasteiger partial charge in [0.2, 0.25) is 0 Å². The van der Waals surface area contributed by atoms with Gasteiger partial charge in [0.25, 0.3) is 5.91 Å². The molecular weight excluding hydrogens is 342 g/mol. The second-order valence-corrected chi connectivity index (χ2v) is 7.19. The molecule has 0 spiro atoms. The first kappa shape index (κ1) is 19.2. The lowest BCUT2D eigenvalue weighted by Crippen LogP contribution is -2.49. The zero-order valence-corrected chi connectivity index (χ0v) is 16.0. The Hall–Kier alpha value is -2.53. The van der Waals surface area contributed by atoms with Crippen LogP contribution >= 0.6 is 0 Å². The normalized spacial score (nSPS) is 19.6. The highest BCUT2D eigenvalue weighted by Gasteiger charge is 2.37. The minimum Gasteiger partial charge on any atom is -0.493 e. The first-order valence-electron chi connectivity index (χ1n) is 9.27. The van der Waals surface area contributed by atoms with Crippen LogP contribution in [0.2, 0.25) is 0 Å². The fourth-order valence-electron chi connectivity index (χ4n) is 3.97. The number of aliphatic hydroxyl groups excluding tert-OH is 1. The summed E-state index contributed by atoms with van der Waals surface area (Å²) in [5.74, 6) is 0.905. The second-order valence-electron chi connectivity index (χ2n) is 7.19. The first-order chi connectivity index (χ1) is 13.1. The van der Waals surface area contributed by atoms with Gasteiger partial charge >= 0.3 is 0 Å². The van der Waals surface area contributed by atoms with Gasteiger partial charge in [-0.25, -0.2) is 0 Å². The Morgan fingerprint density at radius 1 is 1.11 bits per heavy atom. The highest BCUT2D eigenvalue weighted by Crippen LogP contribution is 2.36. The minimum absolute atomic E-state index is 0.0565. The van der Waals surface area contributed by atoms with Crippen molar-refractivity contribution >= 4 is 5.91 Å². The highest BCUT2D eigenvalue weighted by atomic mass is 16.5. The van der Waals surface area contributed by atoms with Gasteiger partial charge in [-0.2, -0.15) is 0 Å². The Bertz CT molecular complexity index is 777. The summed E-state index contributed by atoms with van der Waals surface area (Å²) < 4.78 is 10.8. The Morgan fingerprint density at radius 2 is 1.89 bits per heavy atom. The van der Waals surface area contributed by atoms with E-state index in [2.05, 4.69) is 12.1 Å². The zero-order valence-electron chi connectivity index (χ0n) is 16.0. The molecule has 1 aliphatic heterocycles. The third kappa shape index (κ3) is 4.08. The van der Waals surface area contributed by atoms with Crippen molar-refractivity contribution in [3.05, 3.63) is 59.7 Å². The summed E-state index contributed by atoms with van der Waals surface area (Å²) in [7, 11) is 3.10. The minimum atomic E-state index is -0.318. The molecule has 1 aliphatic rings. The Kier molecular flexibility index (Phi) is 6.01. The topological polar surface area (TPSA) is 59.0 Å². The van der Waals surface area contributed by atoms with Gasteiger partial charge in [0.05, 0.1) is 26.4 Å². The molecule has 27 heavy (non-hydrogen) atoms. The Labute approximate surface area is 160 Å². The number of para-hydroxylation sites is 1. The molecule has 0 bridgehead atoms. The van der Waals surface area contributed by atoms with Crippen LogP contribution in [0, 0.1) is 5.41 Å². The maximum atomic E-state index is 13.2. The van der Waals surface area contributed by atoms with Gasteiger partial charge in [-0.3, -0.25) is 4.79 Å². The molecule has 1 heterocycles. The molecule has 5 heteroatoms. The van der Waals surface area contributed by atoms with E-state index in [0.29, 0.717) is 30.2 Å². The van der Waals surface area contributed by atoms with E-state index in [4.69, 9.17) is 9.47 Å². The largest absolute Gasteiger partial charge is 0.493 e. The van der Waals surface area contributed by atoms with Crippen molar-refractivity contribution in [2.24, 2.45) is 5.41 Å². The SMILES string of the molecule is COc1cccc(C(=O)N2CCC[C@@](CO)(Cc3ccccc3)C2)c1OC. The second kappa shape index (κ2) is 8.44. The van der Waals surface area contributed by atoms with E-state index in [9.17, 15) is 9.90 Å². The number of piperidine rings is 1. The number of amides is 1. The monoisotopic (exact) mass is 369 g/mol. The van der Waals surface area contributed by atoms with Crippen molar-refractivity contribution in [3.8, 4) is 11.5 Å². The number of nitrogens with zero attached hydrogens (tertiary/aromatic N) is 1. The van der Waals surface area contributed by atoms with E-state index < -0.39 is 0 Å². The van der Waals surface area contributed by atoms with Crippen LogP contribution in [0.5, 0.6) is 11.5 Å². The number of methoxy groups -OCH3 is 2. The van der Waals surface area contributed by atoms with Gasteiger partial charge in [0.1, 0.15) is 0 Å². The van der Waals surface area contributed by atoms with E-state index in [-0.39, 0.29) is 17.9 Å². The smallest absolute Gasteiger partial charge is 0.257 e. The van der Waals surface area contributed by atoms with Crippen LogP contribution in [-0.4, -0.2) is 49.8 Å². The molecule has 0 unspecified atom stereocenters. The molecule has 1 fully saturated rings. The molecule has 1 atom stereocenters. The zero-order chi connectivity index (χ0) is 19.3. The van der Waals surface area contributed by atoms with Gasteiger partial charge in [0, 0.05) is 18.5 Å². The first-order valence-corrected chi connectivity index (χ1v) is 9.27. The van der Waals surface area contributed by atoms with Crippen LogP contribution in [0.4, 0.5) is 0 Å². The molecule has 144 valence electrons. The van der Waals surface area contributed by atoms with Gasteiger partial charge in [-0.1, -0.05) is 36.4 Å². The lowest BCUT2D eigenvalue weighted by molar-refractivity contribution is 0.0269. The number of hydrogen-bond acceptors (Lipinski definition) is 4. The average molecular weight is 369 g/mol. The molecule has 0 radical (unpaired) electrons. The number of rotatable bonds is 6. The van der Waals surface area contributed by atoms with Crippen LogP contribution in [0.25, 0.3) is 0 Å². The van der Waals surface area contributed by atoms with Gasteiger partial charge < -0.3 is 19.5 Å².